The van der Waals surface area contributed by atoms with E-state index in [2.05, 4.69) is 22.0 Å². The molecule has 0 spiro atoms. The minimum atomic E-state index is -0.383. The van der Waals surface area contributed by atoms with Gasteiger partial charge < -0.3 is 4.74 Å². The molecule has 1 unspecified atom stereocenters. The summed E-state index contributed by atoms with van der Waals surface area (Å²) in [6.07, 6.45) is 0.289. The molecule has 0 saturated carbocycles. The number of rotatable bonds is 5. The first kappa shape index (κ1) is 13.7. The molecule has 90 valence electrons. The maximum atomic E-state index is 11.4. The standard InChI is InChI=1S/C13H14BrNO2/c1-3-17-11-5-4-10(6-7-15)12(8-11)13(14)9(2)16/h4-5,8,13H,3,6H2,1-2H3. The van der Waals surface area contributed by atoms with Crippen molar-refractivity contribution in [3.8, 4) is 11.8 Å². The van der Waals surface area contributed by atoms with Crippen LogP contribution >= 0.6 is 15.9 Å². The number of nitrogens with zero attached hydrogens (tertiary/aromatic N) is 1. The van der Waals surface area contributed by atoms with Crippen LogP contribution in [0.3, 0.4) is 0 Å². The molecule has 0 saturated heterocycles. The number of benzene rings is 1. The lowest BCUT2D eigenvalue weighted by atomic mass is 10.0. The highest BCUT2D eigenvalue weighted by molar-refractivity contribution is 9.09. The van der Waals surface area contributed by atoms with Gasteiger partial charge in [-0.25, -0.2) is 0 Å². The van der Waals surface area contributed by atoms with Crippen LogP contribution in [-0.4, -0.2) is 12.4 Å². The summed E-state index contributed by atoms with van der Waals surface area (Å²) in [5.74, 6) is 0.729. The number of halogens is 1. The number of hydrogen-bond acceptors (Lipinski definition) is 3. The summed E-state index contributed by atoms with van der Waals surface area (Å²) in [6, 6.07) is 7.57. The van der Waals surface area contributed by atoms with Crippen LogP contribution in [0.1, 0.15) is 29.8 Å². The van der Waals surface area contributed by atoms with Crippen molar-refractivity contribution in [1.82, 2.24) is 0 Å². The number of ketones is 1. The second kappa shape index (κ2) is 6.41. The van der Waals surface area contributed by atoms with Gasteiger partial charge in [-0.15, -0.1) is 0 Å². The molecule has 0 aliphatic heterocycles. The van der Waals surface area contributed by atoms with Crippen LogP contribution in [0.15, 0.2) is 18.2 Å². The normalized spacial score (nSPS) is 11.6. The summed E-state index contributed by atoms with van der Waals surface area (Å²) in [6.45, 7) is 3.99. The highest BCUT2D eigenvalue weighted by Crippen LogP contribution is 2.30. The highest BCUT2D eigenvalue weighted by Gasteiger charge is 2.17. The second-order valence-corrected chi connectivity index (χ2v) is 4.52. The fourth-order valence-electron chi connectivity index (χ4n) is 1.53. The minimum Gasteiger partial charge on any atom is -0.494 e. The quantitative estimate of drug-likeness (QED) is 0.784. The molecule has 4 heteroatoms. The Kier molecular flexibility index (Phi) is 5.17. The number of ether oxygens (including phenoxy) is 1. The number of carbonyl (C=O) groups is 1. The SMILES string of the molecule is CCOc1ccc(CC#N)c(C(Br)C(C)=O)c1. The molecular weight excluding hydrogens is 282 g/mol. The lowest BCUT2D eigenvalue weighted by Gasteiger charge is -2.13. The van der Waals surface area contributed by atoms with Crippen LogP contribution in [-0.2, 0) is 11.2 Å². The average molecular weight is 296 g/mol. The Morgan fingerprint density at radius 1 is 1.59 bits per heavy atom. The van der Waals surface area contributed by atoms with Crippen molar-refractivity contribution in [1.29, 1.82) is 5.26 Å². The third-order valence-electron chi connectivity index (χ3n) is 2.33. The predicted molar refractivity (Wildman–Crippen MR) is 69.3 cm³/mol. The molecule has 0 aromatic heterocycles. The molecule has 17 heavy (non-hydrogen) atoms. The summed E-state index contributed by atoms with van der Waals surface area (Å²) < 4.78 is 5.39. The van der Waals surface area contributed by atoms with Gasteiger partial charge in [0.05, 0.1) is 23.9 Å². The number of Topliss-reactive ketones (excluding diaryl/α,β-unsaturated/α-hetero) is 1. The second-order valence-electron chi connectivity index (χ2n) is 3.60. The molecule has 0 N–H and O–H groups in total. The van der Waals surface area contributed by atoms with E-state index in [1.165, 1.54) is 6.92 Å². The highest BCUT2D eigenvalue weighted by atomic mass is 79.9. The molecule has 0 aliphatic carbocycles. The van der Waals surface area contributed by atoms with E-state index in [4.69, 9.17) is 10.00 Å². The predicted octanol–water partition coefficient (Wildman–Crippen LogP) is 3.18. The smallest absolute Gasteiger partial charge is 0.147 e. The lowest BCUT2D eigenvalue weighted by Crippen LogP contribution is -2.05. The van der Waals surface area contributed by atoms with E-state index in [0.29, 0.717) is 6.61 Å². The molecular formula is C13H14BrNO2. The van der Waals surface area contributed by atoms with Gasteiger partial charge >= 0.3 is 0 Å². The molecule has 0 aliphatic rings. The number of alkyl halides is 1. The van der Waals surface area contributed by atoms with E-state index in [9.17, 15) is 4.79 Å². The zero-order valence-electron chi connectivity index (χ0n) is 9.87. The Labute approximate surface area is 110 Å². The van der Waals surface area contributed by atoms with E-state index in [1.807, 2.05) is 25.1 Å². The Morgan fingerprint density at radius 2 is 2.29 bits per heavy atom. The Morgan fingerprint density at radius 3 is 2.82 bits per heavy atom. The fraction of sp³-hybridized carbons (Fsp3) is 0.385. The topological polar surface area (TPSA) is 50.1 Å². The Balaban J connectivity index is 3.15. The van der Waals surface area contributed by atoms with Gasteiger partial charge in [0.25, 0.3) is 0 Å². The van der Waals surface area contributed by atoms with Crippen molar-refractivity contribution < 1.29 is 9.53 Å². The molecule has 1 aromatic rings. The number of carbonyl (C=O) groups excluding carboxylic acids is 1. The van der Waals surface area contributed by atoms with Crippen LogP contribution in [0.25, 0.3) is 0 Å². The summed E-state index contributed by atoms with van der Waals surface area (Å²) in [4.78, 5) is 11.0. The number of hydrogen-bond donors (Lipinski definition) is 0. The largest absolute Gasteiger partial charge is 0.494 e. The zero-order valence-corrected chi connectivity index (χ0v) is 11.5. The van der Waals surface area contributed by atoms with Crippen LogP contribution in [0, 0.1) is 11.3 Å². The van der Waals surface area contributed by atoms with Crippen molar-refractivity contribution in [3.05, 3.63) is 29.3 Å². The monoisotopic (exact) mass is 295 g/mol. The van der Waals surface area contributed by atoms with Gasteiger partial charge in [-0.1, -0.05) is 22.0 Å². The van der Waals surface area contributed by atoms with Crippen molar-refractivity contribution in [2.24, 2.45) is 0 Å². The first-order valence-corrected chi connectivity index (χ1v) is 6.28. The van der Waals surface area contributed by atoms with Gasteiger partial charge in [0.2, 0.25) is 0 Å². The molecule has 0 heterocycles. The molecule has 0 bridgehead atoms. The summed E-state index contributed by atoms with van der Waals surface area (Å²) in [5, 5.41) is 8.76. The van der Waals surface area contributed by atoms with Gasteiger partial charge in [0, 0.05) is 0 Å². The van der Waals surface area contributed by atoms with E-state index in [0.717, 1.165) is 16.9 Å². The van der Waals surface area contributed by atoms with E-state index < -0.39 is 0 Å². The first-order valence-electron chi connectivity index (χ1n) is 5.37. The Hall–Kier alpha value is -1.34. The first-order chi connectivity index (χ1) is 8.10. The van der Waals surface area contributed by atoms with Gasteiger partial charge in [0.15, 0.2) is 0 Å². The van der Waals surface area contributed by atoms with Crippen molar-refractivity contribution >= 4 is 21.7 Å². The van der Waals surface area contributed by atoms with Crippen LogP contribution < -0.4 is 4.74 Å². The molecule has 1 atom stereocenters. The molecule has 0 radical (unpaired) electrons. The van der Waals surface area contributed by atoms with Crippen LogP contribution in [0.4, 0.5) is 0 Å². The van der Waals surface area contributed by atoms with Crippen molar-refractivity contribution in [3.63, 3.8) is 0 Å². The third kappa shape index (κ3) is 3.57. The van der Waals surface area contributed by atoms with E-state index in [-0.39, 0.29) is 17.0 Å². The summed E-state index contributed by atoms with van der Waals surface area (Å²) in [5.41, 5.74) is 1.66. The van der Waals surface area contributed by atoms with Crippen molar-refractivity contribution in [2.75, 3.05) is 6.61 Å². The zero-order chi connectivity index (χ0) is 12.8. The van der Waals surface area contributed by atoms with E-state index in [1.54, 1.807) is 0 Å². The van der Waals surface area contributed by atoms with Gasteiger partial charge in [-0.3, -0.25) is 4.79 Å². The molecule has 3 nitrogen and oxygen atoms in total. The fourth-order valence-corrected chi connectivity index (χ4v) is 1.96. The van der Waals surface area contributed by atoms with Gasteiger partial charge in [-0.05, 0) is 37.1 Å². The summed E-state index contributed by atoms with van der Waals surface area (Å²) in [7, 11) is 0. The van der Waals surface area contributed by atoms with Gasteiger partial charge in [0.1, 0.15) is 11.5 Å². The maximum absolute atomic E-state index is 11.4. The molecule has 1 aromatic carbocycles. The van der Waals surface area contributed by atoms with Crippen molar-refractivity contribution in [2.45, 2.75) is 25.1 Å². The average Bonchev–Trinajstić information content (AvgIpc) is 2.30. The third-order valence-corrected chi connectivity index (χ3v) is 3.47. The van der Waals surface area contributed by atoms with E-state index >= 15 is 0 Å². The molecule has 1 rings (SSSR count). The summed E-state index contributed by atoms with van der Waals surface area (Å²) >= 11 is 3.34. The molecule has 0 fully saturated rings. The Bertz CT molecular complexity index is 451. The van der Waals surface area contributed by atoms with Crippen LogP contribution in [0.2, 0.25) is 0 Å². The lowest BCUT2D eigenvalue weighted by molar-refractivity contribution is -0.116. The number of nitriles is 1. The van der Waals surface area contributed by atoms with Crippen LogP contribution in [0.5, 0.6) is 5.75 Å². The van der Waals surface area contributed by atoms with Gasteiger partial charge in [-0.2, -0.15) is 5.26 Å². The minimum absolute atomic E-state index is 0.0119. The molecule has 0 amide bonds. The maximum Gasteiger partial charge on any atom is 0.147 e.